The second-order valence-corrected chi connectivity index (χ2v) is 5.94. The molecule has 0 bridgehead atoms. The van der Waals surface area contributed by atoms with E-state index in [4.69, 9.17) is 23.2 Å². The summed E-state index contributed by atoms with van der Waals surface area (Å²) in [6.45, 7) is 0. The molecule has 1 aromatic heterocycles. The Morgan fingerprint density at radius 1 is 1.26 bits per heavy atom. The maximum atomic E-state index is 6.24. The second-order valence-electron chi connectivity index (χ2n) is 4.18. The molecule has 0 amide bonds. The molecule has 5 heteroatoms. The standard InChI is InChI=1S/C14H13BrCl2N2/c1-18-14(13-5-4-11(16)8-19-13)6-9-2-3-10(15)7-12(9)17/h2-5,7-8,14,18H,6H2,1H3. The third-order valence-corrected chi connectivity index (χ3v) is 3.96. The summed E-state index contributed by atoms with van der Waals surface area (Å²) in [4.78, 5) is 4.35. The van der Waals surface area contributed by atoms with Crippen LogP contribution in [-0.4, -0.2) is 12.0 Å². The SMILES string of the molecule is CNC(Cc1ccc(Br)cc1Cl)c1ccc(Cl)cn1. The third kappa shape index (κ3) is 3.93. The van der Waals surface area contributed by atoms with Crippen molar-refractivity contribution >= 4 is 39.1 Å². The van der Waals surface area contributed by atoms with Gasteiger partial charge in [-0.3, -0.25) is 4.98 Å². The fourth-order valence-electron chi connectivity index (χ4n) is 1.86. The zero-order chi connectivity index (χ0) is 13.8. The molecule has 0 saturated carbocycles. The van der Waals surface area contributed by atoms with E-state index in [9.17, 15) is 0 Å². The van der Waals surface area contributed by atoms with Crippen molar-refractivity contribution in [3.8, 4) is 0 Å². The molecule has 1 heterocycles. The first-order chi connectivity index (χ1) is 9.10. The highest BCUT2D eigenvalue weighted by Gasteiger charge is 2.13. The molecule has 0 aliphatic rings. The Balaban J connectivity index is 2.21. The topological polar surface area (TPSA) is 24.9 Å². The average Bonchev–Trinajstić information content (AvgIpc) is 2.39. The van der Waals surface area contributed by atoms with Crippen LogP contribution in [0, 0.1) is 0 Å². The van der Waals surface area contributed by atoms with E-state index in [1.54, 1.807) is 6.20 Å². The lowest BCUT2D eigenvalue weighted by molar-refractivity contribution is 0.576. The van der Waals surface area contributed by atoms with Gasteiger partial charge < -0.3 is 5.32 Å². The number of likely N-dealkylation sites (N-methyl/N-ethyl adjacent to an activating group) is 1. The molecule has 0 radical (unpaired) electrons. The molecule has 1 N–H and O–H groups in total. The van der Waals surface area contributed by atoms with Gasteiger partial charge in [-0.15, -0.1) is 0 Å². The van der Waals surface area contributed by atoms with Crippen LogP contribution in [0.1, 0.15) is 17.3 Å². The van der Waals surface area contributed by atoms with Crippen molar-refractivity contribution in [2.24, 2.45) is 0 Å². The third-order valence-electron chi connectivity index (χ3n) is 2.89. The van der Waals surface area contributed by atoms with Crippen LogP contribution in [0.2, 0.25) is 10.0 Å². The molecular formula is C14H13BrCl2N2. The van der Waals surface area contributed by atoms with Crippen molar-refractivity contribution in [3.63, 3.8) is 0 Å². The number of benzene rings is 1. The molecule has 1 aromatic carbocycles. The first kappa shape index (κ1) is 14.8. The minimum Gasteiger partial charge on any atom is -0.311 e. The van der Waals surface area contributed by atoms with Gasteiger partial charge in [-0.1, -0.05) is 45.2 Å². The predicted octanol–water partition coefficient (Wildman–Crippen LogP) is 4.65. The Bertz CT molecular complexity index is 558. The highest BCUT2D eigenvalue weighted by molar-refractivity contribution is 9.10. The molecule has 0 fully saturated rings. The number of nitrogens with zero attached hydrogens (tertiary/aromatic N) is 1. The number of halogens is 3. The van der Waals surface area contributed by atoms with Gasteiger partial charge in [0.1, 0.15) is 0 Å². The van der Waals surface area contributed by atoms with E-state index in [0.29, 0.717) is 5.02 Å². The number of rotatable bonds is 4. The van der Waals surface area contributed by atoms with E-state index in [1.807, 2.05) is 37.4 Å². The Morgan fingerprint density at radius 2 is 2.05 bits per heavy atom. The van der Waals surface area contributed by atoms with Crippen LogP contribution >= 0.6 is 39.1 Å². The minimum atomic E-state index is 0.107. The van der Waals surface area contributed by atoms with E-state index >= 15 is 0 Å². The van der Waals surface area contributed by atoms with Gasteiger partial charge in [0, 0.05) is 15.7 Å². The molecule has 0 aliphatic carbocycles. The van der Waals surface area contributed by atoms with Gasteiger partial charge >= 0.3 is 0 Å². The summed E-state index contributed by atoms with van der Waals surface area (Å²) in [5, 5.41) is 4.64. The number of hydrogen-bond acceptors (Lipinski definition) is 2. The molecular weight excluding hydrogens is 347 g/mol. The molecule has 2 nitrogen and oxygen atoms in total. The normalized spacial score (nSPS) is 12.4. The molecule has 0 saturated heterocycles. The highest BCUT2D eigenvalue weighted by Crippen LogP contribution is 2.26. The molecule has 1 unspecified atom stereocenters. The molecule has 1 atom stereocenters. The van der Waals surface area contributed by atoms with E-state index in [0.717, 1.165) is 27.2 Å². The van der Waals surface area contributed by atoms with E-state index in [-0.39, 0.29) is 6.04 Å². The Labute approximate surface area is 131 Å². The van der Waals surface area contributed by atoms with Crippen LogP contribution in [0.3, 0.4) is 0 Å². The van der Waals surface area contributed by atoms with Crippen molar-refractivity contribution in [2.45, 2.75) is 12.5 Å². The van der Waals surface area contributed by atoms with Gasteiger partial charge in [0.05, 0.1) is 16.8 Å². The zero-order valence-corrected chi connectivity index (χ0v) is 13.4. The summed E-state index contributed by atoms with van der Waals surface area (Å²) >= 11 is 15.5. The number of nitrogens with one attached hydrogen (secondary N) is 1. The maximum absolute atomic E-state index is 6.24. The highest BCUT2D eigenvalue weighted by atomic mass is 79.9. The monoisotopic (exact) mass is 358 g/mol. The summed E-state index contributed by atoms with van der Waals surface area (Å²) in [5.41, 5.74) is 2.03. The fraction of sp³-hybridized carbons (Fsp3) is 0.214. The Hall–Kier alpha value is -0.610. The molecule has 0 spiro atoms. The summed E-state index contributed by atoms with van der Waals surface area (Å²) in [5.74, 6) is 0. The smallest absolute Gasteiger partial charge is 0.0589 e. The van der Waals surface area contributed by atoms with Crippen molar-refractivity contribution in [1.82, 2.24) is 10.3 Å². The Kier molecular flexibility index (Phi) is 5.22. The van der Waals surface area contributed by atoms with Gasteiger partial charge in [-0.05, 0) is 43.3 Å². The fourth-order valence-corrected chi connectivity index (χ4v) is 2.72. The number of hydrogen-bond donors (Lipinski definition) is 1. The van der Waals surface area contributed by atoms with Crippen LogP contribution in [0.5, 0.6) is 0 Å². The van der Waals surface area contributed by atoms with Crippen LogP contribution < -0.4 is 5.32 Å². The van der Waals surface area contributed by atoms with Gasteiger partial charge in [0.15, 0.2) is 0 Å². The van der Waals surface area contributed by atoms with E-state index in [2.05, 4.69) is 26.2 Å². The Morgan fingerprint density at radius 3 is 2.63 bits per heavy atom. The summed E-state index contributed by atoms with van der Waals surface area (Å²) in [7, 11) is 1.91. The lowest BCUT2D eigenvalue weighted by atomic mass is 10.0. The summed E-state index contributed by atoms with van der Waals surface area (Å²) in [6, 6.07) is 9.79. The first-order valence-corrected chi connectivity index (χ1v) is 7.37. The second kappa shape index (κ2) is 6.71. The van der Waals surface area contributed by atoms with Crippen molar-refractivity contribution < 1.29 is 0 Å². The van der Waals surface area contributed by atoms with Crippen LogP contribution in [0.4, 0.5) is 0 Å². The molecule has 2 rings (SSSR count). The first-order valence-electron chi connectivity index (χ1n) is 5.83. The van der Waals surface area contributed by atoms with Crippen molar-refractivity contribution in [2.75, 3.05) is 7.05 Å². The largest absolute Gasteiger partial charge is 0.311 e. The lowest BCUT2D eigenvalue weighted by Gasteiger charge is -2.16. The molecule has 2 aromatic rings. The quantitative estimate of drug-likeness (QED) is 0.859. The van der Waals surface area contributed by atoms with Gasteiger partial charge in [-0.25, -0.2) is 0 Å². The van der Waals surface area contributed by atoms with Crippen LogP contribution in [0.15, 0.2) is 41.0 Å². The average molecular weight is 360 g/mol. The predicted molar refractivity (Wildman–Crippen MR) is 83.9 cm³/mol. The molecule has 100 valence electrons. The summed E-state index contributed by atoms with van der Waals surface area (Å²) in [6.07, 6.45) is 2.43. The van der Waals surface area contributed by atoms with Crippen molar-refractivity contribution in [3.05, 3.63) is 62.3 Å². The van der Waals surface area contributed by atoms with Gasteiger partial charge in [-0.2, -0.15) is 0 Å². The molecule has 19 heavy (non-hydrogen) atoms. The van der Waals surface area contributed by atoms with Crippen LogP contribution in [0.25, 0.3) is 0 Å². The zero-order valence-electron chi connectivity index (χ0n) is 10.3. The van der Waals surface area contributed by atoms with Crippen LogP contribution in [-0.2, 0) is 6.42 Å². The maximum Gasteiger partial charge on any atom is 0.0589 e. The lowest BCUT2D eigenvalue weighted by Crippen LogP contribution is -2.20. The minimum absolute atomic E-state index is 0.107. The number of aromatic nitrogens is 1. The van der Waals surface area contributed by atoms with Gasteiger partial charge in [0.25, 0.3) is 0 Å². The van der Waals surface area contributed by atoms with E-state index < -0.39 is 0 Å². The summed E-state index contributed by atoms with van der Waals surface area (Å²) < 4.78 is 0.979. The number of pyridine rings is 1. The van der Waals surface area contributed by atoms with Gasteiger partial charge in [0.2, 0.25) is 0 Å². The van der Waals surface area contributed by atoms with Crippen molar-refractivity contribution in [1.29, 1.82) is 0 Å². The molecule has 0 aliphatic heterocycles. The van der Waals surface area contributed by atoms with E-state index in [1.165, 1.54) is 0 Å².